The van der Waals surface area contributed by atoms with Crippen LogP contribution in [0.5, 0.6) is 17.2 Å². The van der Waals surface area contributed by atoms with Crippen LogP contribution in [0.4, 0.5) is 0 Å². The summed E-state index contributed by atoms with van der Waals surface area (Å²) < 4.78 is 16.1. The predicted molar refractivity (Wildman–Crippen MR) is 104 cm³/mol. The first-order valence-electron chi connectivity index (χ1n) is 8.92. The van der Waals surface area contributed by atoms with Crippen molar-refractivity contribution in [3.8, 4) is 17.2 Å². The topological polar surface area (TPSA) is 94.1 Å². The van der Waals surface area contributed by atoms with Crippen molar-refractivity contribution >= 4 is 11.9 Å². The average Bonchev–Trinajstić information content (AvgIpc) is 2.71. The molecule has 1 amide bonds. The molecule has 2 aromatic carbocycles. The Kier molecular flexibility index (Phi) is 7.68. The number of methoxy groups -OCH3 is 2. The lowest BCUT2D eigenvalue weighted by Gasteiger charge is -2.21. The maximum atomic E-state index is 12.4. The van der Waals surface area contributed by atoms with E-state index in [0.29, 0.717) is 22.8 Å². The summed E-state index contributed by atoms with van der Waals surface area (Å²) >= 11 is 0. The summed E-state index contributed by atoms with van der Waals surface area (Å²) in [4.78, 5) is 23.7. The van der Waals surface area contributed by atoms with Gasteiger partial charge in [-0.3, -0.25) is 9.59 Å². The van der Waals surface area contributed by atoms with Gasteiger partial charge in [0.15, 0.2) is 6.61 Å². The van der Waals surface area contributed by atoms with Crippen LogP contribution in [0.2, 0.25) is 0 Å². The lowest BCUT2D eigenvalue weighted by atomic mass is 10.0. The van der Waals surface area contributed by atoms with Crippen LogP contribution in [-0.4, -0.2) is 37.8 Å². The zero-order valence-electron chi connectivity index (χ0n) is 16.2. The first-order chi connectivity index (χ1) is 13.5. The molecule has 150 valence electrons. The van der Waals surface area contributed by atoms with Crippen LogP contribution in [0.1, 0.15) is 30.5 Å². The lowest BCUT2D eigenvalue weighted by Crippen LogP contribution is -2.34. The number of carboxylic acid groups (broad SMARTS) is 1. The second-order valence-corrected chi connectivity index (χ2v) is 6.08. The van der Waals surface area contributed by atoms with Gasteiger partial charge in [-0.2, -0.15) is 0 Å². The third kappa shape index (κ3) is 5.64. The van der Waals surface area contributed by atoms with E-state index in [0.717, 1.165) is 12.0 Å². The molecule has 1 atom stereocenters. The monoisotopic (exact) mass is 387 g/mol. The molecule has 0 saturated carbocycles. The van der Waals surface area contributed by atoms with E-state index in [4.69, 9.17) is 14.2 Å². The van der Waals surface area contributed by atoms with Crippen molar-refractivity contribution in [2.45, 2.75) is 25.8 Å². The Bertz CT molecular complexity index is 820. The molecule has 2 aromatic rings. The van der Waals surface area contributed by atoms with Gasteiger partial charge in [0.25, 0.3) is 5.91 Å². The van der Waals surface area contributed by atoms with Crippen LogP contribution in [-0.2, 0) is 16.0 Å². The minimum Gasteiger partial charge on any atom is -0.497 e. The molecule has 0 aliphatic heterocycles. The van der Waals surface area contributed by atoms with Gasteiger partial charge in [0, 0.05) is 11.6 Å². The number of carboxylic acids is 1. The highest BCUT2D eigenvalue weighted by atomic mass is 16.5. The summed E-state index contributed by atoms with van der Waals surface area (Å²) in [6, 6.07) is 11.7. The second kappa shape index (κ2) is 10.2. The van der Waals surface area contributed by atoms with E-state index in [2.05, 4.69) is 5.32 Å². The van der Waals surface area contributed by atoms with E-state index in [9.17, 15) is 14.7 Å². The van der Waals surface area contributed by atoms with Crippen molar-refractivity contribution < 1.29 is 28.9 Å². The molecule has 0 saturated heterocycles. The third-order valence-corrected chi connectivity index (χ3v) is 4.24. The minimum absolute atomic E-state index is 0.217. The Morgan fingerprint density at radius 2 is 1.82 bits per heavy atom. The summed E-state index contributed by atoms with van der Waals surface area (Å²) in [7, 11) is 3.00. The molecule has 0 fully saturated rings. The van der Waals surface area contributed by atoms with Gasteiger partial charge in [-0.1, -0.05) is 25.1 Å². The van der Waals surface area contributed by atoms with Crippen LogP contribution in [0.15, 0.2) is 42.5 Å². The summed E-state index contributed by atoms with van der Waals surface area (Å²) in [5.41, 5.74) is 1.54. The molecule has 28 heavy (non-hydrogen) atoms. The number of aliphatic carboxylic acids is 1. The van der Waals surface area contributed by atoms with Gasteiger partial charge in [-0.15, -0.1) is 0 Å². The van der Waals surface area contributed by atoms with Crippen LogP contribution >= 0.6 is 0 Å². The van der Waals surface area contributed by atoms with Crippen molar-refractivity contribution in [3.05, 3.63) is 53.6 Å². The van der Waals surface area contributed by atoms with Crippen LogP contribution in [0.25, 0.3) is 0 Å². The van der Waals surface area contributed by atoms with Crippen molar-refractivity contribution in [2.75, 3.05) is 20.8 Å². The Morgan fingerprint density at radius 1 is 1.07 bits per heavy atom. The number of para-hydroxylation sites is 1. The van der Waals surface area contributed by atoms with E-state index >= 15 is 0 Å². The maximum Gasteiger partial charge on any atom is 0.305 e. The van der Waals surface area contributed by atoms with Crippen LogP contribution in [0.3, 0.4) is 0 Å². The van der Waals surface area contributed by atoms with Crippen molar-refractivity contribution in [3.63, 3.8) is 0 Å². The second-order valence-electron chi connectivity index (χ2n) is 6.08. The van der Waals surface area contributed by atoms with E-state index in [1.165, 1.54) is 14.2 Å². The smallest absolute Gasteiger partial charge is 0.305 e. The highest BCUT2D eigenvalue weighted by Crippen LogP contribution is 2.31. The third-order valence-electron chi connectivity index (χ3n) is 4.24. The van der Waals surface area contributed by atoms with Crippen molar-refractivity contribution in [1.82, 2.24) is 5.32 Å². The fourth-order valence-corrected chi connectivity index (χ4v) is 2.84. The quantitative estimate of drug-likeness (QED) is 0.651. The number of ether oxygens (including phenoxy) is 3. The number of hydrogen-bond donors (Lipinski definition) is 2. The van der Waals surface area contributed by atoms with E-state index < -0.39 is 17.9 Å². The van der Waals surface area contributed by atoms with E-state index in [1.807, 2.05) is 25.1 Å². The number of rotatable bonds is 10. The Labute approximate surface area is 164 Å². The Hall–Kier alpha value is -3.22. The number of aryl methyl sites for hydroxylation is 1. The maximum absolute atomic E-state index is 12.4. The zero-order chi connectivity index (χ0) is 20.5. The number of carbonyl (C=O) groups is 2. The lowest BCUT2D eigenvalue weighted by molar-refractivity contribution is -0.137. The summed E-state index contributed by atoms with van der Waals surface area (Å²) in [5, 5.41) is 12.0. The number of nitrogens with one attached hydrogen (secondary N) is 1. The van der Waals surface area contributed by atoms with Gasteiger partial charge < -0.3 is 24.6 Å². The SMILES string of the molecule is CCc1ccccc1OCC(=O)NC(CC(=O)O)c1ccc(OC)cc1OC. The van der Waals surface area contributed by atoms with Gasteiger partial charge in [-0.25, -0.2) is 0 Å². The molecule has 0 spiro atoms. The van der Waals surface area contributed by atoms with Crippen LogP contribution in [0, 0.1) is 0 Å². The van der Waals surface area contributed by atoms with Crippen LogP contribution < -0.4 is 19.5 Å². The fourth-order valence-electron chi connectivity index (χ4n) is 2.84. The molecule has 0 bridgehead atoms. The summed E-state index contributed by atoms with van der Waals surface area (Å²) in [5.74, 6) is 0.177. The number of carbonyl (C=O) groups excluding carboxylic acids is 1. The molecule has 2 N–H and O–H groups in total. The van der Waals surface area contributed by atoms with Gasteiger partial charge in [0.05, 0.1) is 26.7 Å². The molecule has 0 aromatic heterocycles. The van der Waals surface area contributed by atoms with Gasteiger partial charge in [0.2, 0.25) is 0 Å². The standard InChI is InChI=1S/C21H25NO6/c1-4-14-7-5-6-8-18(14)28-13-20(23)22-17(12-21(24)25)16-10-9-15(26-2)11-19(16)27-3/h5-11,17H,4,12-13H2,1-3H3,(H,22,23)(H,24,25). The minimum atomic E-state index is -1.04. The molecule has 1 unspecified atom stereocenters. The normalized spacial score (nSPS) is 11.4. The molecule has 0 heterocycles. The van der Waals surface area contributed by atoms with E-state index in [1.54, 1.807) is 24.3 Å². The molecule has 2 rings (SSSR count). The van der Waals surface area contributed by atoms with Crippen molar-refractivity contribution in [2.24, 2.45) is 0 Å². The molecule has 0 aliphatic carbocycles. The van der Waals surface area contributed by atoms with Gasteiger partial charge in [0.1, 0.15) is 17.2 Å². The number of benzene rings is 2. The molecule has 0 radical (unpaired) electrons. The van der Waals surface area contributed by atoms with Crippen molar-refractivity contribution in [1.29, 1.82) is 0 Å². The largest absolute Gasteiger partial charge is 0.497 e. The summed E-state index contributed by atoms with van der Waals surface area (Å²) in [6.07, 6.45) is 0.489. The highest BCUT2D eigenvalue weighted by molar-refractivity contribution is 5.79. The molecule has 7 heteroatoms. The summed E-state index contributed by atoms with van der Waals surface area (Å²) in [6.45, 7) is 1.78. The van der Waals surface area contributed by atoms with E-state index in [-0.39, 0.29) is 13.0 Å². The Balaban J connectivity index is 2.13. The predicted octanol–water partition coefficient (Wildman–Crippen LogP) is 2.98. The fraction of sp³-hybridized carbons (Fsp3) is 0.333. The molecule has 0 aliphatic rings. The average molecular weight is 387 g/mol. The first kappa shape index (κ1) is 21.1. The molecular formula is C21H25NO6. The molecule has 7 nitrogen and oxygen atoms in total. The van der Waals surface area contributed by atoms with Gasteiger partial charge >= 0.3 is 5.97 Å². The zero-order valence-corrected chi connectivity index (χ0v) is 16.2. The Morgan fingerprint density at radius 3 is 2.46 bits per heavy atom. The highest BCUT2D eigenvalue weighted by Gasteiger charge is 2.22. The number of hydrogen-bond acceptors (Lipinski definition) is 5. The number of amides is 1. The first-order valence-corrected chi connectivity index (χ1v) is 8.92. The molecular weight excluding hydrogens is 362 g/mol. The van der Waals surface area contributed by atoms with Gasteiger partial charge in [-0.05, 0) is 30.2 Å².